The van der Waals surface area contributed by atoms with E-state index in [0.717, 1.165) is 25.1 Å². The third-order valence-electron chi connectivity index (χ3n) is 2.56. The second-order valence-electron chi connectivity index (χ2n) is 3.76. The fraction of sp³-hybridized carbons (Fsp3) is 0.429. The molecule has 0 spiro atoms. The number of benzene rings is 1. The maximum atomic E-state index is 5.20. The fourth-order valence-corrected chi connectivity index (χ4v) is 1.52. The average Bonchev–Trinajstić information content (AvgIpc) is 2.34. The van der Waals surface area contributed by atoms with Crippen molar-refractivity contribution < 1.29 is 4.74 Å². The molecule has 1 N–H and O–H groups in total. The van der Waals surface area contributed by atoms with Gasteiger partial charge >= 0.3 is 0 Å². The van der Waals surface area contributed by atoms with Gasteiger partial charge in [0.25, 0.3) is 0 Å². The Morgan fingerprint density at radius 1 is 1.38 bits per heavy atom. The topological polar surface area (TPSA) is 21.3 Å². The van der Waals surface area contributed by atoms with Gasteiger partial charge in [-0.1, -0.05) is 12.1 Å². The van der Waals surface area contributed by atoms with E-state index in [4.69, 9.17) is 11.2 Å². The molecule has 0 aromatic heterocycles. The first-order valence-electron chi connectivity index (χ1n) is 5.58. The third-order valence-corrected chi connectivity index (χ3v) is 2.56. The average molecular weight is 217 g/mol. The maximum Gasteiger partial charge on any atom is 0.118 e. The van der Waals surface area contributed by atoms with Gasteiger partial charge in [-0.2, -0.15) is 0 Å². The Morgan fingerprint density at radius 3 is 2.62 bits per heavy atom. The summed E-state index contributed by atoms with van der Waals surface area (Å²) in [5.41, 5.74) is 1.27. The molecule has 0 amide bonds. The maximum absolute atomic E-state index is 5.20. The fourth-order valence-electron chi connectivity index (χ4n) is 1.52. The van der Waals surface area contributed by atoms with Crippen LogP contribution in [0.2, 0.25) is 0 Å². The molecule has 16 heavy (non-hydrogen) atoms. The van der Waals surface area contributed by atoms with E-state index in [2.05, 4.69) is 30.3 Å². The van der Waals surface area contributed by atoms with Crippen LogP contribution in [0.1, 0.15) is 31.4 Å². The Morgan fingerprint density at radius 2 is 2.06 bits per heavy atom. The summed E-state index contributed by atoms with van der Waals surface area (Å²) >= 11 is 0. The summed E-state index contributed by atoms with van der Waals surface area (Å²) in [6.45, 7) is 3.11. The van der Waals surface area contributed by atoms with Crippen molar-refractivity contribution in [1.82, 2.24) is 5.32 Å². The highest BCUT2D eigenvalue weighted by Crippen LogP contribution is 2.16. The number of methoxy groups -OCH3 is 1. The summed E-state index contributed by atoms with van der Waals surface area (Å²) in [4.78, 5) is 0. The molecule has 1 aromatic rings. The Balaban J connectivity index is 2.40. The molecule has 1 atom stereocenters. The van der Waals surface area contributed by atoms with Crippen LogP contribution in [-0.4, -0.2) is 13.7 Å². The van der Waals surface area contributed by atoms with Crippen molar-refractivity contribution >= 4 is 0 Å². The molecule has 0 aliphatic rings. The molecule has 2 nitrogen and oxygen atoms in total. The van der Waals surface area contributed by atoms with Crippen LogP contribution in [0.5, 0.6) is 5.75 Å². The molecule has 0 aliphatic carbocycles. The summed E-state index contributed by atoms with van der Waals surface area (Å²) in [6, 6.07) is 8.47. The molecule has 1 aromatic carbocycles. The van der Waals surface area contributed by atoms with E-state index in [1.54, 1.807) is 7.11 Å². The van der Waals surface area contributed by atoms with E-state index in [1.165, 1.54) is 5.56 Å². The zero-order valence-corrected chi connectivity index (χ0v) is 9.99. The molecule has 1 rings (SSSR count). The zero-order valence-electron chi connectivity index (χ0n) is 9.99. The van der Waals surface area contributed by atoms with Gasteiger partial charge < -0.3 is 10.1 Å². The van der Waals surface area contributed by atoms with Crippen molar-refractivity contribution in [2.75, 3.05) is 13.7 Å². The highest BCUT2D eigenvalue weighted by atomic mass is 16.5. The van der Waals surface area contributed by atoms with E-state index in [9.17, 15) is 0 Å². The van der Waals surface area contributed by atoms with Gasteiger partial charge in [0.05, 0.1) is 7.11 Å². The highest BCUT2D eigenvalue weighted by molar-refractivity contribution is 5.28. The van der Waals surface area contributed by atoms with E-state index in [-0.39, 0.29) is 0 Å². The molecule has 0 unspecified atom stereocenters. The lowest BCUT2D eigenvalue weighted by atomic mass is 10.1. The van der Waals surface area contributed by atoms with Gasteiger partial charge in [0.15, 0.2) is 0 Å². The van der Waals surface area contributed by atoms with Crippen molar-refractivity contribution in [3.05, 3.63) is 29.8 Å². The zero-order chi connectivity index (χ0) is 11.8. The Bertz CT molecular complexity index is 337. The lowest BCUT2D eigenvalue weighted by Crippen LogP contribution is -2.19. The number of ether oxygens (including phenoxy) is 1. The number of hydrogen-bond acceptors (Lipinski definition) is 2. The first-order chi connectivity index (χ1) is 7.77. The molecule has 0 aliphatic heterocycles. The minimum absolute atomic E-state index is 0.351. The summed E-state index contributed by atoms with van der Waals surface area (Å²) in [5.74, 6) is 3.53. The van der Waals surface area contributed by atoms with Crippen LogP contribution in [0, 0.1) is 12.3 Å². The largest absolute Gasteiger partial charge is 0.497 e. The summed E-state index contributed by atoms with van der Waals surface area (Å²) in [5, 5.41) is 3.43. The van der Waals surface area contributed by atoms with Crippen LogP contribution in [0.3, 0.4) is 0 Å². The van der Waals surface area contributed by atoms with Gasteiger partial charge in [0.2, 0.25) is 0 Å². The molecule has 0 heterocycles. The Labute approximate surface area is 98.0 Å². The molecular formula is C14H19NO. The number of hydrogen-bond donors (Lipinski definition) is 1. The molecule has 86 valence electrons. The first-order valence-corrected chi connectivity index (χ1v) is 5.58. The molecule has 0 radical (unpaired) electrons. The van der Waals surface area contributed by atoms with E-state index < -0.39 is 0 Å². The van der Waals surface area contributed by atoms with Crippen molar-refractivity contribution in [3.8, 4) is 18.1 Å². The number of unbranched alkanes of at least 4 members (excludes halogenated alkanes) is 1. The Kier molecular flexibility index (Phi) is 5.45. The van der Waals surface area contributed by atoms with Gasteiger partial charge in [-0.05, 0) is 37.6 Å². The summed E-state index contributed by atoms with van der Waals surface area (Å²) < 4.78 is 5.12. The standard InChI is InChI=1S/C14H19NO/c1-4-5-6-11-15-12(2)13-7-9-14(16-3)10-8-13/h1,7-10,12,15H,5-6,11H2,2-3H3/t12-/m1/s1. The van der Waals surface area contributed by atoms with Crippen molar-refractivity contribution in [1.29, 1.82) is 0 Å². The Hall–Kier alpha value is -1.46. The predicted molar refractivity (Wildman–Crippen MR) is 67.5 cm³/mol. The molecular weight excluding hydrogens is 198 g/mol. The SMILES string of the molecule is C#CCCCN[C@H](C)c1ccc(OC)cc1. The monoisotopic (exact) mass is 217 g/mol. The normalized spacial score (nSPS) is 11.8. The lowest BCUT2D eigenvalue weighted by Gasteiger charge is -2.14. The number of rotatable bonds is 6. The molecule has 0 saturated carbocycles. The van der Waals surface area contributed by atoms with E-state index in [0.29, 0.717) is 6.04 Å². The third kappa shape index (κ3) is 3.96. The number of terminal acetylenes is 1. The summed E-state index contributed by atoms with van der Waals surface area (Å²) in [7, 11) is 1.68. The molecule has 0 bridgehead atoms. The van der Waals surface area contributed by atoms with E-state index in [1.807, 2.05) is 12.1 Å². The second-order valence-corrected chi connectivity index (χ2v) is 3.76. The van der Waals surface area contributed by atoms with Gasteiger partial charge in [0.1, 0.15) is 5.75 Å². The van der Waals surface area contributed by atoms with Gasteiger partial charge in [-0.3, -0.25) is 0 Å². The summed E-state index contributed by atoms with van der Waals surface area (Å²) in [6.07, 6.45) is 7.06. The van der Waals surface area contributed by atoms with Crippen molar-refractivity contribution in [2.45, 2.75) is 25.8 Å². The first kappa shape index (κ1) is 12.6. The molecule has 0 saturated heterocycles. The van der Waals surface area contributed by atoms with Crippen LogP contribution in [0.15, 0.2) is 24.3 Å². The smallest absolute Gasteiger partial charge is 0.118 e. The van der Waals surface area contributed by atoms with Crippen LogP contribution in [0.25, 0.3) is 0 Å². The second kappa shape index (κ2) is 6.92. The van der Waals surface area contributed by atoms with Gasteiger partial charge in [-0.15, -0.1) is 12.3 Å². The molecule has 2 heteroatoms. The number of nitrogens with one attached hydrogen (secondary N) is 1. The van der Waals surface area contributed by atoms with E-state index >= 15 is 0 Å². The lowest BCUT2D eigenvalue weighted by molar-refractivity contribution is 0.414. The van der Waals surface area contributed by atoms with Crippen LogP contribution >= 0.6 is 0 Å². The van der Waals surface area contributed by atoms with Crippen molar-refractivity contribution in [2.24, 2.45) is 0 Å². The predicted octanol–water partition coefficient (Wildman–Crippen LogP) is 2.76. The van der Waals surface area contributed by atoms with Crippen LogP contribution in [-0.2, 0) is 0 Å². The molecule has 0 fully saturated rings. The van der Waals surface area contributed by atoms with Crippen molar-refractivity contribution in [3.63, 3.8) is 0 Å². The minimum atomic E-state index is 0.351. The van der Waals surface area contributed by atoms with Crippen LogP contribution in [0.4, 0.5) is 0 Å². The van der Waals surface area contributed by atoms with Gasteiger partial charge in [0, 0.05) is 12.5 Å². The minimum Gasteiger partial charge on any atom is -0.497 e. The quantitative estimate of drug-likeness (QED) is 0.584. The van der Waals surface area contributed by atoms with Crippen LogP contribution < -0.4 is 10.1 Å². The van der Waals surface area contributed by atoms with Gasteiger partial charge in [-0.25, -0.2) is 0 Å². The highest BCUT2D eigenvalue weighted by Gasteiger charge is 2.03.